The Balaban J connectivity index is 2.63. The van der Waals surface area contributed by atoms with Crippen LogP contribution in [0.2, 0.25) is 0 Å². The molecule has 1 aromatic carbocycles. The highest BCUT2D eigenvalue weighted by Gasteiger charge is 2.19. The minimum atomic E-state index is -0.471. The molecule has 18 heavy (non-hydrogen) atoms. The summed E-state index contributed by atoms with van der Waals surface area (Å²) in [5.74, 6) is 0.504. The fourth-order valence-corrected chi connectivity index (χ4v) is 1.87. The van der Waals surface area contributed by atoms with Gasteiger partial charge >= 0.3 is 0 Å². The van der Waals surface area contributed by atoms with E-state index in [1.807, 2.05) is 19.9 Å². The lowest BCUT2D eigenvalue weighted by atomic mass is 10.0. The summed E-state index contributed by atoms with van der Waals surface area (Å²) in [5.41, 5.74) is 6.58. The predicted octanol–water partition coefficient (Wildman–Crippen LogP) is 1.72. The molecule has 0 aromatic heterocycles. The molecule has 0 saturated carbocycles. The number of hydrogen-bond acceptors (Lipinski definition) is 3. The zero-order valence-corrected chi connectivity index (χ0v) is 11.3. The number of benzene rings is 1. The summed E-state index contributed by atoms with van der Waals surface area (Å²) in [6, 6.07) is 6.53. The van der Waals surface area contributed by atoms with Gasteiger partial charge < -0.3 is 15.7 Å². The zero-order chi connectivity index (χ0) is 13.7. The first-order valence-corrected chi connectivity index (χ1v) is 6.19. The second kappa shape index (κ2) is 6.40. The number of aromatic hydroxyl groups is 1. The number of carbonyl (C=O) groups excluding carboxylic acids is 1. The van der Waals surface area contributed by atoms with Gasteiger partial charge in [-0.1, -0.05) is 32.0 Å². The molecule has 4 nitrogen and oxygen atoms in total. The second-order valence-corrected chi connectivity index (χ2v) is 5.06. The van der Waals surface area contributed by atoms with Gasteiger partial charge in [0.15, 0.2) is 0 Å². The van der Waals surface area contributed by atoms with Crippen molar-refractivity contribution in [1.29, 1.82) is 0 Å². The maximum Gasteiger partial charge on any atom is 0.239 e. The Bertz CT molecular complexity index is 405. The summed E-state index contributed by atoms with van der Waals surface area (Å²) in [5, 5.41) is 9.66. The fourth-order valence-electron chi connectivity index (χ4n) is 1.87. The molecule has 0 radical (unpaired) electrons. The Morgan fingerprint density at radius 2 is 2.00 bits per heavy atom. The molecule has 0 aliphatic carbocycles. The Kier molecular flexibility index (Phi) is 5.16. The van der Waals surface area contributed by atoms with Crippen LogP contribution in [0.4, 0.5) is 0 Å². The summed E-state index contributed by atoms with van der Waals surface area (Å²) >= 11 is 0. The van der Waals surface area contributed by atoms with E-state index in [0.29, 0.717) is 18.9 Å². The zero-order valence-electron chi connectivity index (χ0n) is 11.3. The summed E-state index contributed by atoms with van der Waals surface area (Å²) in [6.45, 7) is 4.45. The number of nitrogens with zero attached hydrogens (tertiary/aromatic N) is 1. The van der Waals surface area contributed by atoms with Crippen molar-refractivity contribution < 1.29 is 9.90 Å². The van der Waals surface area contributed by atoms with E-state index < -0.39 is 6.04 Å². The largest absolute Gasteiger partial charge is 0.508 e. The molecule has 0 aliphatic heterocycles. The molecule has 1 aromatic rings. The number of likely N-dealkylation sites (N-methyl/N-ethyl adjacent to an activating group) is 1. The highest BCUT2D eigenvalue weighted by molar-refractivity contribution is 5.81. The van der Waals surface area contributed by atoms with Crippen LogP contribution < -0.4 is 5.73 Å². The third-order valence-corrected chi connectivity index (χ3v) is 2.82. The molecular weight excluding hydrogens is 228 g/mol. The Morgan fingerprint density at radius 3 is 2.56 bits per heavy atom. The lowest BCUT2D eigenvalue weighted by molar-refractivity contribution is -0.132. The van der Waals surface area contributed by atoms with Crippen molar-refractivity contribution in [3.8, 4) is 5.75 Å². The number of phenols is 1. The maximum atomic E-state index is 12.0. The van der Waals surface area contributed by atoms with Gasteiger partial charge in [0.1, 0.15) is 5.75 Å². The lowest BCUT2D eigenvalue weighted by Gasteiger charge is -2.22. The number of hydrogen-bond donors (Lipinski definition) is 2. The number of rotatable bonds is 5. The average molecular weight is 250 g/mol. The lowest BCUT2D eigenvalue weighted by Crippen LogP contribution is -2.42. The van der Waals surface area contributed by atoms with Gasteiger partial charge in [-0.25, -0.2) is 0 Å². The van der Waals surface area contributed by atoms with Gasteiger partial charge in [0.05, 0.1) is 6.04 Å². The highest BCUT2D eigenvalue weighted by Crippen LogP contribution is 2.17. The molecule has 1 atom stereocenters. The van der Waals surface area contributed by atoms with Crippen molar-refractivity contribution in [3.63, 3.8) is 0 Å². The number of amides is 1. The molecule has 0 unspecified atom stereocenters. The van der Waals surface area contributed by atoms with Crippen molar-refractivity contribution in [3.05, 3.63) is 29.8 Å². The van der Waals surface area contributed by atoms with Crippen LogP contribution in [0.15, 0.2) is 24.3 Å². The molecule has 0 spiro atoms. The maximum absolute atomic E-state index is 12.0. The van der Waals surface area contributed by atoms with E-state index in [2.05, 4.69) is 0 Å². The van der Waals surface area contributed by atoms with Gasteiger partial charge in [0, 0.05) is 19.2 Å². The van der Waals surface area contributed by atoms with E-state index in [9.17, 15) is 9.90 Å². The monoisotopic (exact) mass is 250 g/mol. The Morgan fingerprint density at radius 1 is 1.39 bits per heavy atom. The molecule has 100 valence electrons. The average Bonchev–Trinajstić information content (AvgIpc) is 2.30. The summed E-state index contributed by atoms with van der Waals surface area (Å²) in [4.78, 5) is 13.6. The number of phenolic OH excluding ortho intramolecular Hbond substituents is 1. The first-order chi connectivity index (χ1) is 8.41. The highest BCUT2D eigenvalue weighted by atomic mass is 16.3. The van der Waals surface area contributed by atoms with Crippen LogP contribution in [0, 0.1) is 5.92 Å². The van der Waals surface area contributed by atoms with E-state index >= 15 is 0 Å². The quantitative estimate of drug-likeness (QED) is 0.836. The molecule has 1 amide bonds. The van der Waals surface area contributed by atoms with Crippen LogP contribution in [0.25, 0.3) is 0 Å². The van der Waals surface area contributed by atoms with E-state index in [1.54, 1.807) is 30.1 Å². The minimum absolute atomic E-state index is 0.0908. The van der Waals surface area contributed by atoms with Gasteiger partial charge in [-0.3, -0.25) is 4.79 Å². The SMILES string of the molecule is CC(C)C[C@@H](N)C(=O)N(C)Cc1ccccc1O. The second-order valence-electron chi connectivity index (χ2n) is 5.06. The molecule has 0 saturated heterocycles. The molecule has 1 rings (SSSR count). The van der Waals surface area contributed by atoms with E-state index in [1.165, 1.54) is 0 Å². The fraction of sp³-hybridized carbons (Fsp3) is 0.500. The van der Waals surface area contributed by atoms with Crippen LogP contribution in [-0.4, -0.2) is 29.0 Å². The molecular formula is C14H22N2O2. The van der Waals surface area contributed by atoms with Crippen molar-refractivity contribution in [2.24, 2.45) is 11.7 Å². The molecule has 0 aliphatic rings. The Labute approximate surface area is 108 Å². The van der Waals surface area contributed by atoms with Crippen molar-refractivity contribution in [1.82, 2.24) is 4.90 Å². The summed E-state index contributed by atoms with van der Waals surface area (Å²) in [6.07, 6.45) is 0.671. The van der Waals surface area contributed by atoms with Gasteiger partial charge in [-0.05, 0) is 18.4 Å². The number of carbonyl (C=O) groups is 1. The molecule has 0 heterocycles. The molecule has 0 bridgehead atoms. The van der Waals surface area contributed by atoms with Crippen LogP contribution >= 0.6 is 0 Å². The smallest absolute Gasteiger partial charge is 0.239 e. The van der Waals surface area contributed by atoms with Crippen LogP contribution in [0.1, 0.15) is 25.8 Å². The van der Waals surface area contributed by atoms with E-state index in [-0.39, 0.29) is 11.7 Å². The van der Waals surface area contributed by atoms with Crippen molar-refractivity contribution >= 4 is 5.91 Å². The van der Waals surface area contributed by atoms with Crippen LogP contribution in [0.3, 0.4) is 0 Å². The van der Waals surface area contributed by atoms with Crippen LogP contribution in [0.5, 0.6) is 5.75 Å². The predicted molar refractivity (Wildman–Crippen MR) is 72.0 cm³/mol. The first-order valence-electron chi connectivity index (χ1n) is 6.19. The molecule has 0 fully saturated rings. The third-order valence-electron chi connectivity index (χ3n) is 2.82. The summed E-state index contributed by atoms with van der Waals surface area (Å²) in [7, 11) is 1.70. The summed E-state index contributed by atoms with van der Waals surface area (Å²) < 4.78 is 0. The topological polar surface area (TPSA) is 66.6 Å². The van der Waals surface area contributed by atoms with Gasteiger partial charge in [0.2, 0.25) is 5.91 Å². The molecule has 3 N–H and O–H groups in total. The van der Waals surface area contributed by atoms with E-state index in [0.717, 1.165) is 5.56 Å². The molecule has 4 heteroatoms. The first kappa shape index (κ1) is 14.5. The Hall–Kier alpha value is -1.55. The van der Waals surface area contributed by atoms with Crippen molar-refractivity contribution in [2.75, 3.05) is 7.05 Å². The minimum Gasteiger partial charge on any atom is -0.508 e. The standard InChI is InChI=1S/C14H22N2O2/c1-10(2)8-12(15)14(18)16(3)9-11-6-4-5-7-13(11)17/h4-7,10,12,17H,8-9,15H2,1-3H3/t12-/m1/s1. The van der Waals surface area contributed by atoms with E-state index in [4.69, 9.17) is 5.73 Å². The number of para-hydroxylation sites is 1. The van der Waals surface area contributed by atoms with Gasteiger partial charge in [0.25, 0.3) is 0 Å². The number of nitrogens with two attached hydrogens (primary N) is 1. The van der Waals surface area contributed by atoms with Gasteiger partial charge in [-0.2, -0.15) is 0 Å². The third kappa shape index (κ3) is 4.04. The van der Waals surface area contributed by atoms with Crippen LogP contribution in [-0.2, 0) is 11.3 Å². The van der Waals surface area contributed by atoms with Gasteiger partial charge in [-0.15, -0.1) is 0 Å². The normalized spacial score (nSPS) is 12.5. The van der Waals surface area contributed by atoms with Crippen molar-refractivity contribution in [2.45, 2.75) is 32.9 Å².